The van der Waals surface area contributed by atoms with Crippen LogP contribution >= 0.6 is 34.8 Å². The highest BCUT2D eigenvalue weighted by Gasteiger charge is 2.08. The maximum atomic E-state index is 6.13. The van der Waals surface area contributed by atoms with Crippen molar-refractivity contribution in [2.45, 2.75) is 0 Å². The molecule has 0 atom stereocenters. The molecule has 0 spiro atoms. The van der Waals surface area contributed by atoms with Gasteiger partial charge in [-0.1, -0.05) is 46.9 Å². The number of rotatable bonds is 4. The highest BCUT2D eigenvalue weighted by Crippen LogP contribution is 2.32. The Bertz CT molecular complexity index is 821. The van der Waals surface area contributed by atoms with E-state index in [1.165, 1.54) is 6.20 Å². The average molecular weight is 367 g/mol. The molecule has 2 N–H and O–H groups in total. The van der Waals surface area contributed by atoms with E-state index in [4.69, 9.17) is 34.8 Å². The Balaban J connectivity index is 1.83. The van der Waals surface area contributed by atoms with Gasteiger partial charge in [0, 0.05) is 10.7 Å². The minimum atomic E-state index is 0.320. The van der Waals surface area contributed by atoms with Crippen molar-refractivity contribution in [3.05, 3.63) is 63.7 Å². The highest BCUT2D eigenvalue weighted by atomic mass is 35.5. The Kier molecular flexibility index (Phi) is 4.81. The van der Waals surface area contributed by atoms with Crippen LogP contribution in [0.4, 0.5) is 23.1 Å². The van der Waals surface area contributed by atoms with Gasteiger partial charge in [0.05, 0.1) is 21.9 Å². The summed E-state index contributed by atoms with van der Waals surface area (Å²) in [6.07, 6.45) is 1.48. The predicted octanol–water partition coefficient (Wildman–Crippen LogP) is 5.32. The van der Waals surface area contributed by atoms with Crippen molar-refractivity contribution < 1.29 is 0 Å². The molecule has 0 fully saturated rings. The van der Waals surface area contributed by atoms with Crippen molar-refractivity contribution >= 4 is 57.9 Å². The molecule has 116 valence electrons. The molecule has 0 aliphatic rings. The Labute approximate surface area is 147 Å². The summed E-state index contributed by atoms with van der Waals surface area (Å²) in [6, 6.07) is 12.4. The first-order chi connectivity index (χ1) is 11.1. The Hall–Kier alpha value is -2.08. The third-order valence-corrected chi connectivity index (χ3v) is 3.72. The lowest BCUT2D eigenvalue weighted by Crippen LogP contribution is -2.02. The second kappa shape index (κ2) is 7.00. The van der Waals surface area contributed by atoms with Gasteiger partial charge in [0.25, 0.3) is 0 Å². The zero-order valence-corrected chi connectivity index (χ0v) is 13.9. The van der Waals surface area contributed by atoms with E-state index in [0.29, 0.717) is 32.5 Å². The van der Waals surface area contributed by atoms with E-state index in [1.807, 2.05) is 12.1 Å². The number of benzene rings is 2. The van der Waals surface area contributed by atoms with Gasteiger partial charge in [-0.3, -0.25) is 0 Å². The first kappa shape index (κ1) is 15.8. The molecule has 3 aromatic rings. The fourth-order valence-electron chi connectivity index (χ4n) is 1.86. The van der Waals surface area contributed by atoms with Gasteiger partial charge >= 0.3 is 0 Å². The fraction of sp³-hybridized carbons (Fsp3) is 0. The second-order valence-electron chi connectivity index (χ2n) is 4.52. The molecule has 0 aliphatic carbocycles. The number of halogens is 3. The fourth-order valence-corrected chi connectivity index (χ4v) is 2.54. The quantitative estimate of drug-likeness (QED) is 0.654. The number of anilines is 4. The van der Waals surface area contributed by atoms with Crippen molar-refractivity contribution in [1.29, 1.82) is 0 Å². The molecule has 0 unspecified atom stereocenters. The van der Waals surface area contributed by atoms with Crippen LogP contribution in [0.1, 0.15) is 0 Å². The normalized spacial score (nSPS) is 10.4. The minimum Gasteiger partial charge on any atom is -0.336 e. The molecule has 5 nitrogen and oxygen atoms in total. The summed E-state index contributed by atoms with van der Waals surface area (Å²) in [5.74, 6) is 0.778. The van der Waals surface area contributed by atoms with E-state index in [2.05, 4.69) is 25.8 Å². The summed E-state index contributed by atoms with van der Waals surface area (Å²) < 4.78 is 0. The lowest BCUT2D eigenvalue weighted by molar-refractivity contribution is 0.982. The summed E-state index contributed by atoms with van der Waals surface area (Å²) in [5.41, 5.74) is 1.32. The average Bonchev–Trinajstić information content (AvgIpc) is 2.52. The molecule has 2 aromatic carbocycles. The zero-order valence-electron chi connectivity index (χ0n) is 11.6. The van der Waals surface area contributed by atoms with Crippen LogP contribution in [0.3, 0.4) is 0 Å². The van der Waals surface area contributed by atoms with Crippen LogP contribution in [0.5, 0.6) is 0 Å². The van der Waals surface area contributed by atoms with E-state index in [1.54, 1.807) is 30.3 Å². The topological polar surface area (TPSA) is 62.7 Å². The Morgan fingerprint density at radius 1 is 0.870 bits per heavy atom. The second-order valence-corrected chi connectivity index (χ2v) is 5.77. The molecule has 0 bridgehead atoms. The molecule has 0 amide bonds. The smallest absolute Gasteiger partial charge is 0.249 e. The molecule has 3 rings (SSSR count). The molecule has 0 saturated heterocycles. The van der Waals surface area contributed by atoms with Gasteiger partial charge < -0.3 is 10.6 Å². The largest absolute Gasteiger partial charge is 0.336 e. The highest BCUT2D eigenvalue weighted by molar-refractivity contribution is 6.39. The Morgan fingerprint density at radius 3 is 2.35 bits per heavy atom. The number of para-hydroxylation sites is 1. The van der Waals surface area contributed by atoms with Gasteiger partial charge in [-0.2, -0.15) is 10.1 Å². The van der Waals surface area contributed by atoms with Crippen molar-refractivity contribution in [2.24, 2.45) is 0 Å². The number of aromatic nitrogens is 3. The SMILES string of the molecule is Clc1cccc(Nc2nncc(Nc3c(Cl)cccc3Cl)n2)c1. The molecular formula is C15H10Cl3N5. The van der Waals surface area contributed by atoms with Crippen LogP contribution in [-0.2, 0) is 0 Å². The van der Waals surface area contributed by atoms with Gasteiger partial charge in [-0.15, -0.1) is 5.10 Å². The monoisotopic (exact) mass is 365 g/mol. The number of hydrogen-bond acceptors (Lipinski definition) is 5. The standard InChI is InChI=1S/C15H10Cl3N5/c16-9-3-1-4-10(7-9)20-15-22-13(8-19-23-15)21-14-11(17)5-2-6-12(14)18/h1-8H,(H2,20,21,22,23). The van der Waals surface area contributed by atoms with Gasteiger partial charge in [0.1, 0.15) is 0 Å². The third kappa shape index (κ3) is 4.01. The first-order valence-electron chi connectivity index (χ1n) is 6.55. The van der Waals surface area contributed by atoms with E-state index >= 15 is 0 Å². The van der Waals surface area contributed by atoms with Gasteiger partial charge in [0.2, 0.25) is 5.95 Å². The van der Waals surface area contributed by atoms with Gasteiger partial charge in [-0.25, -0.2) is 0 Å². The predicted molar refractivity (Wildman–Crippen MR) is 94.3 cm³/mol. The molecular weight excluding hydrogens is 357 g/mol. The van der Waals surface area contributed by atoms with Crippen LogP contribution in [0, 0.1) is 0 Å². The zero-order chi connectivity index (χ0) is 16.2. The minimum absolute atomic E-state index is 0.320. The summed E-state index contributed by atoms with van der Waals surface area (Å²) in [6.45, 7) is 0. The van der Waals surface area contributed by atoms with Crippen LogP contribution in [0.2, 0.25) is 15.1 Å². The summed E-state index contributed by atoms with van der Waals surface area (Å²) >= 11 is 18.2. The summed E-state index contributed by atoms with van der Waals surface area (Å²) in [5, 5.41) is 15.5. The van der Waals surface area contributed by atoms with Crippen molar-refractivity contribution in [1.82, 2.24) is 15.2 Å². The van der Waals surface area contributed by atoms with Crippen molar-refractivity contribution in [3.63, 3.8) is 0 Å². The van der Waals surface area contributed by atoms with Crippen LogP contribution in [0.15, 0.2) is 48.7 Å². The van der Waals surface area contributed by atoms with E-state index < -0.39 is 0 Å². The molecule has 1 heterocycles. The van der Waals surface area contributed by atoms with E-state index in [9.17, 15) is 0 Å². The van der Waals surface area contributed by atoms with Crippen LogP contribution in [-0.4, -0.2) is 15.2 Å². The van der Waals surface area contributed by atoms with Gasteiger partial charge in [0.15, 0.2) is 5.82 Å². The molecule has 0 saturated carbocycles. The molecule has 8 heteroatoms. The summed E-state index contributed by atoms with van der Waals surface area (Å²) in [4.78, 5) is 4.32. The van der Waals surface area contributed by atoms with Crippen molar-refractivity contribution in [2.75, 3.05) is 10.6 Å². The maximum Gasteiger partial charge on any atom is 0.249 e. The third-order valence-electron chi connectivity index (χ3n) is 2.86. The van der Waals surface area contributed by atoms with Gasteiger partial charge in [-0.05, 0) is 30.3 Å². The Morgan fingerprint density at radius 2 is 1.61 bits per heavy atom. The lowest BCUT2D eigenvalue weighted by Gasteiger charge is -2.10. The molecule has 23 heavy (non-hydrogen) atoms. The maximum absolute atomic E-state index is 6.13. The lowest BCUT2D eigenvalue weighted by atomic mass is 10.3. The first-order valence-corrected chi connectivity index (χ1v) is 7.68. The number of nitrogens with zero attached hydrogens (tertiary/aromatic N) is 3. The van der Waals surface area contributed by atoms with Crippen molar-refractivity contribution in [3.8, 4) is 0 Å². The molecule has 0 aliphatic heterocycles. The van der Waals surface area contributed by atoms with E-state index in [-0.39, 0.29) is 0 Å². The molecule has 0 radical (unpaired) electrons. The van der Waals surface area contributed by atoms with Crippen LogP contribution < -0.4 is 10.6 Å². The number of hydrogen-bond donors (Lipinski definition) is 2. The summed E-state index contributed by atoms with van der Waals surface area (Å²) in [7, 11) is 0. The number of nitrogens with one attached hydrogen (secondary N) is 2. The van der Waals surface area contributed by atoms with Crippen LogP contribution in [0.25, 0.3) is 0 Å². The molecule has 1 aromatic heterocycles. The van der Waals surface area contributed by atoms with E-state index in [0.717, 1.165) is 5.69 Å².